The fraction of sp³-hybridized carbons (Fsp3) is 0.286. The van der Waals surface area contributed by atoms with Gasteiger partial charge in [0.1, 0.15) is 10.0 Å². The van der Waals surface area contributed by atoms with E-state index in [0.717, 1.165) is 21.0 Å². The Bertz CT molecular complexity index is 1250. The maximum absolute atomic E-state index is 4.93. The lowest BCUT2D eigenvalue weighted by atomic mass is 9.87. The molecule has 0 bridgehead atoms. The van der Waals surface area contributed by atoms with Crippen LogP contribution < -0.4 is 0 Å². The minimum absolute atomic E-state index is 0.160. The molecule has 0 aliphatic rings. The molecule has 5 aromatic rings. The maximum Gasteiger partial charge on any atom is 0.124 e. The number of hydrogen-bond donors (Lipinski definition) is 0. The van der Waals surface area contributed by atoms with Gasteiger partial charge >= 0.3 is 0 Å². The van der Waals surface area contributed by atoms with E-state index in [-0.39, 0.29) is 10.8 Å². The van der Waals surface area contributed by atoms with Crippen LogP contribution in [0.3, 0.4) is 0 Å². The van der Waals surface area contributed by atoms with Crippen molar-refractivity contribution < 1.29 is 0 Å². The lowest BCUT2D eigenvalue weighted by Gasteiger charge is -2.18. The Balaban J connectivity index is 1.48. The van der Waals surface area contributed by atoms with E-state index >= 15 is 0 Å². The molecule has 162 valence electrons. The topological polar surface area (TPSA) is 25.8 Å². The molecule has 2 heterocycles. The summed E-state index contributed by atoms with van der Waals surface area (Å²) in [6, 6.07) is 22.0. The highest BCUT2D eigenvalue weighted by Crippen LogP contribution is 2.37. The first-order chi connectivity index (χ1) is 15.1. The van der Waals surface area contributed by atoms with Crippen molar-refractivity contribution in [3.05, 3.63) is 71.8 Å². The first-order valence-electron chi connectivity index (χ1n) is 11.0. The molecule has 5 rings (SSSR count). The van der Waals surface area contributed by atoms with Crippen LogP contribution in [0, 0.1) is 0 Å². The van der Waals surface area contributed by atoms with Crippen molar-refractivity contribution in [2.24, 2.45) is 0 Å². The molecule has 0 N–H and O–H groups in total. The number of fused-ring (bicyclic) bond motifs is 2. The number of rotatable bonds is 2. The van der Waals surface area contributed by atoms with E-state index in [2.05, 4.69) is 102 Å². The van der Waals surface area contributed by atoms with E-state index in [9.17, 15) is 0 Å². The normalized spacial score (nSPS) is 12.7. The van der Waals surface area contributed by atoms with Crippen LogP contribution in [0.4, 0.5) is 0 Å². The monoisotopic (exact) mass is 456 g/mol. The van der Waals surface area contributed by atoms with E-state index in [1.54, 1.807) is 22.7 Å². The fourth-order valence-electron chi connectivity index (χ4n) is 3.82. The van der Waals surface area contributed by atoms with Crippen molar-refractivity contribution in [1.29, 1.82) is 0 Å². The Morgan fingerprint density at radius 2 is 0.906 bits per heavy atom. The molecule has 3 aromatic carbocycles. The highest BCUT2D eigenvalue weighted by Gasteiger charge is 2.16. The number of nitrogens with zero attached hydrogens (tertiary/aromatic N) is 2. The average Bonchev–Trinajstić information content (AvgIpc) is 3.34. The lowest BCUT2D eigenvalue weighted by molar-refractivity contribution is 0.590. The third kappa shape index (κ3) is 3.98. The molecule has 4 heteroatoms. The molecule has 0 radical (unpaired) electrons. The van der Waals surface area contributed by atoms with Gasteiger partial charge in [0, 0.05) is 11.1 Å². The predicted octanol–water partition coefficient (Wildman–Crippen LogP) is 8.84. The van der Waals surface area contributed by atoms with E-state index in [0.29, 0.717) is 0 Å². The summed E-state index contributed by atoms with van der Waals surface area (Å²) in [7, 11) is 0. The molecule has 0 saturated heterocycles. The molecular formula is C28H28N2S2. The zero-order valence-electron chi connectivity index (χ0n) is 19.5. The molecular weight excluding hydrogens is 428 g/mol. The minimum atomic E-state index is 0.160. The summed E-state index contributed by atoms with van der Waals surface area (Å²) in [6.07, 6.45) is 0. The second-order valence-electron chi connectivity index (χ2n) is 10.5. The van der Waals surface area contributed by atoms with Crippen LogP contribution in [0.25, 0.3) is 41.6 Å². The van der Waals surface area contributed by atoms with Crippen molar-refractivity contribution in [2.45, 2.75) is 52.4 Å². The van der Waals surface area contributed by atoms with Crippen molar-refractivity contribution in [3.63, 3.8) is 0 Å². The molecule has 0 aliphatic heterocycles. The van der Waals surface area contributed by atoms with E-state index < -0.39 is 0 Å². The average molecular weight is 457 g/mol. The summed E-state index contributed by atoms with van der Waals surface area (Å²) in [5.41, 5.74) is 7.41. The Hall–Kier alpha value is -2.56. The maximum atomic E-state index is 4.93. The van der Waals surface area contributed by atoms with Gasteiger partial charge in [-0.1, -0.05) is 90.1 Å². The predicted molar refractivity (Wildman–Crippen MR) is 141 cm³/mol. The zero-order valence-corrected chi connectivity index (χ0v) is 21.1. The number of thiazole rings is 2. The van der Waals surface area contributed by atoms with Crippen LogP contribution in [-0.4, -0.2) is 9.97 Å². The van der Waals surface area contributed by atoms with Gasteiger partial charge in [-0.05, 0) is 34.1 Å². The Kier molecular flexibility index (Phi) is 4.99. The van der Waals surface area contributed by atoms with Crippen molar-refractivity contribution in [1.82, 2.24) is 9.97 Å². The third-order valence-electron chi connectivity index (χ3n) is 5.89. The largest absolute Gasteiger partial charge is 0.236 e. The number of aromatic nitrogens is 2. The SMILES string of the molecule is CC(C)(C)c1ccc(-c2nc3cc4nc(-c5ccc(C(C)(C)C)cc5)sc4cc3s2)cc1. The molecule has 0 unspecified atom stereocenters. The lowest BCUT2D eigenvalue weighted by Crippen LogP contribution is -2.10. The summed E-state index contributed by atoms with van der Waals surface area (Å²) in [5, 5.41) is 2.13. The first-order valence-corrected chi connectivity index (χ1v) is 12.6. The van der Waals surface area contributed by atoms with Crippen molar-refractivity contribution >= 4 is 43.1 Å². The molecule has 0 atom stereocenters. The van der Waals surface area contributed by atoms with Gasteiger partial charge in [0.2, 0.25) is 0 Å². The van der Waals surface area contributed by atoms with Gasteiger partial charge in [-0.3, -0.25) is 0 Å². The smallest absolute Gasteiger partial charge is 0.124 e. The van der Waals surface area contributed by atoms with Crippen LogP contribution >= 0.6 is 22.7 Å². The molecule has 0 saturated carbocycles. The Morgan fingerprint density at radius 1 is 0.531 bits per heavy atom. The Labute approximate surface area is 198 Å². The molecule has 0 amide bonds. The van der Waals surface area contributed by atoms with E-state index in [4.69, 9.17) is 9.97 Å². The Morgan fingerprint density at radius 3 is 1.25 bits per heavy atom. The van der Waals surface area contributed by atoms with Crippen molar-refractivity contribution in [3.8, 4) is 21.1 Å². The summed E-state index contributed by atoms with van der Waals surface area (Å²) in [6.45, 7) is 13.5. The van der Waals surface area contributed by atoms with E-state index in [1.807, 2.05) is 0 Å². The second kappa shape index (κ2) is 7.50. The molecule has 32 heavy (non-hydrogen) atoms. The number of benzene rings is 3. The first kappa shape index (κ1) is 21.3. The quantitative estimate of drug-likeness (QED) is 0.265. The van der Waals surface area contributed by atoms with E-state index in [1.165, 1.54) is 31.7 Å². The molecule has 0 fully saturated rings. The standard InChI is InChI=1S/C28H28N2S2/c1-27(2,3)19-11-7-17(8-12-19)25-29-21-15-22-24(16-23(21)31-25)32-26(30-22)18-9-13-20(14-10-18)28(4,5)6/h7-16H,1-6H3. The van der Waals surface area contributed by atoms with Gasteiger partial charge in [0.05, 0.1) is 20.4 Å². The van der Waals surface area contributed by atoms with Gasteiger partial charge in [-0.25, -0.2) is 9.97 Å². The van der Waals surface area contributed by atoms with Crippen LogP contribution in [0.1, 0.15) is 52.7 Å². The van der Waals surface area contributed by atoms with Gasteiger partial charge in [-0.15, -0.1) is 22.7 Å². The fourth-order valence-corrected chi connectivity index (χ4v) is 5.88. The summed E-state index contributed by atoms with van der Waals surface area (Å²) < 4.78 is 2.43. The second-order valence-corrected chi connectivity index (χ2v) is 12.5. The summed E-state index contributed by atoms with van der Waals surface area (Å²) >= 11 is 3.51. The summed E-state index contributed by atoms with van der Waals surface area (Å²) in [5.74, 6) is 0. The molecule has 2 nitrogen and oxygen atoms in total. The van der Waals surface area contributed by atoms with Crippen LogP contribution in [0.15, 0.2) is 60.7 Å². The minimum Gasteiger partial charge on any atom is -0.236 e. The highest BCUT2D eigenvalue weighted by molar-refractivity contribution is 7.23. The molecule has 0 spiro atoms. The zero-order chi connectivity index (χ0) is 22.7. The van der Waals surface area contributed by atoms with Gasteiger partial charge < -0.3 is 0 Å². The van der Waals surface area contributed by atoms with Crippen molar-refractivity contribution in [2.75, 3.05) is 0 Å². The van der Waals surface area contributed by atoms with Gasteiger partial charge in [0.15, 0.2) is 0 Å². The van der Waals surface area contributed by atoms with Crippen LogP contribution in [0.5, 0.6) is 0 Å². The molecule has 0 aliphatic carbocycles. The molecule has 2 aromatic heterocycles. The summed E-state index contributed by atoms with van der Waals surface area (Å²) in [4.78, 5) is 9.86. The highest BCUT2D eigenvalue weighted by atomic mass is 32.1. The third-order valence-corrected chi connectivity index (χ3v) is 8.03. The number of hydrogen-bond acceptors (Lipinski definition) is 4. The van der Waals surface area contributed by atoms with Crippen LogP contribution in [0.2, 0.25) is 0 Å². The van der Waals surface area contributed by atoms with Gasteiger partial charge in [-0.2, -0.15) is 0 Å². The van der Waals surface area contributed by atoms with Crippen LogP contribution in [-0.2, 0) is 10.8 Å². The van der Waals surface area contributed by atoms with Gasteiger partial charge in [0.25, 0.3) is 0 Å².